The molecule has 0 aliphatic heterocycles. The fourth-order valence-electron chi connectivity index (χ4n) is 2.85. The molecular weight excluding hydrogens is 316 g/mol. The quantitative estimate of drug-likeness (QED) is 0.503. The predicted octanol–water partition coefficient (Wildman–Crippen LogP) is 5.19. The number of nitrogens with zero attached hydrogens (tertiary/aromatic N) is 2. The van der Waals surface area contributed by atoms with E-state index in [1.165, 1.54) is 15.6 Å². The van der Waals surface area contributed by atoms with Crippen LogP contribution < -0.4 is 0 Å². The minimum Gasteiger partial charge on any atom is -0.439 e. The number of hydrogen-bond acceptors (Lipinski definition) is 4. The molecule has 0 amide bonds. The van der Waals surface area contributed by atoms with Crippen LogP contribution in [0.4, 0.5) is 0 Å². The zero-order valence-corrected chi connectivity index (χ0v) is 14.3. The summed E-state index contributed by atoms with van der Waals surface area (Å²) in [6.45, 7) is 1.57. The number of thiophene rings is 1. The van der Waals surface area contributed by atoms with Crippen LogP contribution in [0.3, 0.4) is 0 Å². The number of aromatic nitrogens is 1. The maximum Gasteiger partial charge on any atom is 0.209 e. The Hall–Kier alpha value is -2.43. The third kappa shape index (κ3) is 3.11. The van der Waals surface area contributed by atoms with E-state index in [2.05, 4.69) is 46.6 Å². The molecule has 0 aliphatic carbocycles. The SMILES string of the molecule is CN(Cc1ncc(-c2ccccc2)o1)Cc1csc2ccccc12. The molecule has 2 heterocycles. The van der Waals surface area contributed by atoms with Gasteiger partial charge in [0.1, 0.15) is 0 Å². The Morgan fingerprint density at radius 3 is 2.67 bits per heavy atom. The second kappa shape index (κ2) is 6.59. The van der Waals surface area contributed by atoms with Gasteiger partial charge in [-0.05, 0) is 29.4 Å². The van der Waals surface area contributed by atoms with Crippen molar-refractivity contribution in [2.45, 2.75) is 13.1 Å². The number of oxazole rings is 1. The molecule has 0 N–H and O–H groups in total. The van der Waals surface area contributed by atoms with E-state index in [1.54, 1.807) is 17.5 Å². The fourth-order valence-corrected chi connectivity index (χ4v) is 3.81. The summed E-state index contributed by atoms with van der Waals surface area (Å²) >= 11 is 1.80. The molecule has 0 aliphatic rings. The Bertz CT molecular complexity index is 942. The molecule has 24 heavy (non-hydrogen) atoms. The minimum atomic E-state index is 0.691. The minimum absolute atomic E-state index is 0.691. The maximum atomic E-state index is 5.90. The first kappa shape index (κ1) is 15.1. The van der Waals surface area contributed by atoms with Gasteiger partial charge in [-0.25, -0.2) is 4.98 Å². The van der Waals surface area contributed by atoms with Crippen LogP contribution in [0.2, 0.25) is 0 Å². The molecule has 2 aromatic carbocycles. The molecule has 0 radical (unpaired) electrons. The molecule has 0 saturated carbocycles. The van der Waals surface area contributed by atoms with Gasteiger partial charge < -0.3 is 4.42 Å². The lowest BCUT2D eigenvalue weighted by Crippen LogP contribution is -2.17. The highest BCUT2D eigenvalue weighted by atomic mass is 32.1. The van der Waals surface area contributed by atoms with Gasteiger partial charge in [-0.2, -0.15) is 0 Å². The summed E-state index contributed by atoms with van der Waals surface area (Å²) in [6, 6.07) is 18.6. The largest absolute Gasteiger partial charge is 0.439 e. The van der Waals surface area contributed by atoms with E-state index in [1.807, 2.05) is 30.3 Å². The van der Waals surface area contributed by atoms with Crippen molar-refractivity contribution in [1.82, 2.24) is 9.88 Å². The average Bonchev–Trinajstić information content (AvgIpc) is 3.23. The molecule has 0 fully saturated rings. The van der Waals surface area contributed by atoms with Crippen LogP contribution in [0.15, 0.2) is 70.6 Å². The van der Waals surface area contributed by atoms with E-state index < -0.39 is 0 Å². The monoisotopic (exact) mass is 334 g/mol. The van der Waals surface area contributed by atoms with Crippen molar-refractivity contribution < 1.29 is 4.42 Å². The number of hydrogen-bond donors (Lipinski definition) is 0. The number of benzene rings is 2. The van der Waals surface area contributed by atoms with Crippen molar-refractivity contribution in [3.63, 3.8) is 0 Å². The highest BCUT2D eigenvalue weighted by Crippen LogP contribution is 2.27. The summed E-state index contributed by atoms with van der Waals surface area (Å²) in [5, 5.41) is 3.58. The molecule has 2 aromatic heterocycles. The Morgan fingerprint density at radius 1 is 1.00 bits per heavy atom. The third-order valence-corrected chi connectivity index (χ3v) is 5.03. The lowest BCUT2D eigenvalue weighted by Gasteiger charge is -2.13. The molecular formula is C20H18N2OS. The van der Waals surface area contributed by atoms with Crippen molar-refractivity contribution in [2.24, 2.45) is 0 Å². The lowest BCUT2D eigenvalue weighted by molar-refractivity contribution is 0.284. The molecule has 0 spiro atoms. The van der Waals surface area contributed by atoms with Gasteiger partial charge in [0.2, 0.25) is 5.89 Å². The summed E-state index contributed by atoms with van der Waals surface area (Å²) in [6.07, 6.45) is 1.80. The van der Waals surface area contributed by atoms with Gasteiger partial charge in [0.05, 0.1) is 12.7 Å². The van der Waals surface area contributed by atoms with Crippen LogP contribution >= 0.6 is 11.3 Å². The van der Waals surface area contributed by atoms with Crippen molar-refractivity contribution in [3.05, 3.63) is 77.6 Å². The van der Waals surface area contributed by atoms with Gasteiger partial charge in [-0.1, -0.05) is 48.5 Å². The summed E-state index contributed by atoms with van der Waals surface area (Å²) in [5.41, 5.74) is 2.41. The van der Waals surface area contributed by atoms with Crippen LogP contribution in [-0.2, 0) is 13.1 Å². The molecule has 0 saturated heterocycles. The van der Waals surface area contributed by atoms with E-state index in [0.717, 1.165) is 23.8 Å². The molecule has 4 aromatic rings. The van der Waals surface area contributed by atoms with Crippen LogP contribution in [0.1, 0.15) is 11.5 Å². The normalized spacial score (nSPS) is 11.4. The smallest absolute Gasteiger partial charge is 0.209 e. The maximum absolute atomic E-state index is 5.90. The first-order valence-electron chi connectivity index (χ1n) is 7.93. The van der Waals surface area contributed by atoms with Crippen LogP contribution in [0.5, 0.6) is 0 Å². The van der Waals surface area contributed by atoms with E-state index in [9.17, 15) is 0 Å². The summed E-state index contributed by atoms with van der Waals surface area (Å²) in [4.78, 5) is 6.65. The molecule has 0 atom stereocenters. The van der Waals surface area contributed by atoms with Gasteiger partial charge in [0.25, 0.3) is 0 Å². The molecule has 0 bridgehead atoms. The van der Waals surface area contributed by atoms with Crippen molar-refractivity contribution in [3.8, 4) is 11.3 Å². The Balaban J connectivity index is 1.47. The summed E-state index contributed by atoms with van der Waals surface area (Å²) in [7, 11) is 2.10. The number of fused-ring (bicyclic) bond motifs is 1. The van der Waals surface area contributed by atoms with Gasteiger partial charge in [0, 0.05) is 16.8 Å². The molecule has 0 unspecified atom stereocenters. The zero-order chi connectivity index (χ0) is 16.4. The highest BCUT2D eigenvalue weighted by Gasteiger charge is 2.11. The van der Waals surface area contributed by atoms with E-state index in [4.69, 9.17) is 4.42 Å². The highest BCUT2D eigenvalue weighted by molar-refractivity contribution is 7.17. The van der Waals surface area contributed by atoms with Crippen molar-refractivity contribution in [1.29, 1.82) is 0 Å². The van der Waals surface area contributed by atoms with E-state index in [-0.39, 0.29) is 0 Å². The lowest BCUT2D eigenvalue weighted by atomic mass is 10.2. The first-order chi connectivity index (χ1) is 11.8. The predicted molar refractivity (Wildman–Crippen MR) is 98.9 cm³/mol. The van der Waals surface area contributed by atoms with Crippen LogP contribution in [-0.4, -0.2) is 16.9 Å². The summed E-state index contributed by atoms with van der Waals surface area (Å²) < 4.78 is 7.23. The van der Waals surface area contributed by atoms with Gasteiger partial charge >= 0.3 is 0 Å². The van der Waals surface area contributed by atoms with Gasteiger partial charge in [0.15, 0.2) is 5.76 Å². The van der Waals surface area contributed by atoms with Crippen molar-refractivity contribution >= 4 is 21.4 Å². The second-order valence-corrected chi connectivity index (χ2v) is 6.82. The van der Waals surface area contributed by atoms with Crippen LogP contribution in [0.25, 0.3) is 21.4 Å². The molecule has 4 rings (SSSR count). The summed E-state index contributed by atoms with van der Waals surface area (Å²) in [5.74, 6) is 1.57. The second-order valence-electron chi connectivity index (χ2n) is 5.91. The van der Waals surface area contributed by atoms with Gasteiger partial charge in [-0.15, -0.1) is 11.3 Å². The molecule has 3 nitrogen and oxygen atoms in total. The standard InChI is InChI=1S/C20H18N2OS/c1-22(12-16-14-24-19-10-6-5-9-17(16)19)13-20-21-11-18(23-20)15-7-3-2-4-8-15/h2-11,14H,12-13H2,1H3. The molecule has 4 heteroatoms. The van der Waals surface area contributed by atoms with E-state index in [0.29, 0.717) is 6.54 Å². The zero-order valence-electron chi connectivity index (χ0n) is 13.5. The van der Waals surface area contributed by atoms with Crippen LogP contribution in [0, 0.1) is 0 Å². The molecule has 120 valence electrons. The number of rotatable bonds is 5. The topological polar surface area (TPSA) is 29.3 Å². The first-order valence-corrected chi connectivity index (χ1v) is 8.81. The van der Waals surface area contributed by atoms with Crippen molar-refractivity contribution in [2.75, 3.05) is 7.05 Å². The Kier molecular flexibility index (Phi) is 4.15. The van der Waals surface area contributed by atoms with E-state index >= 15 is 0 Å². The van der Waals surface area contributed by atoms with Gasteiger partial charge in [-0.3, -0.25) is 4.90 Å². The average molecular weight is 334 g/mol. The Morgan fingerprint density at radius 2 is 1.79 bits per heavy atom. The fraction of sp³-hybridized carbons (Fsp3) is 0.150. The third-order valence-electron chi connectivity index (χ3n) is 4.02. The Labute approximate surface area is 145 Å².